The van der Waals surface area contributed by atoms with E-state index in [1.165, 1.54) is 7.11 Å². The van der Waals surface area contributed by atoms with E-state index in [-0.39, 0.29) is 11.7 Å². The summed E-state index contributed by atoms with van der Waals surface area (Å²) in [4.78, 5) is 13.4. The van der Waals surface area contributed by atoms with Gasteiger partial charge in [-0.15, -0.1) is 0 Å². The van der Waals surface area contributed by atoms with E-state index >= 15 is 0 Å². The SMILES string of the molecule is COC(C)C(=O)N(C)Cc1cccc(/C(N)=N/O)c1. The normalized spacial score (nSPS) is 13.1. The Morgan fingerprint density at radius 2 is 2.26 bits per heavy atom. The van der Waals surface area contributed by atoms with E-state index in [2.05, 4.69) is 5.16 Å². The van der Waals surface area contributed by atoms with Gasteiger partial charge in [-0.05, 0) is 18.6 Å². The van der Waals surface area contributed by atoms with E-state index in [0.29, 0.717) is 12.1 Å². The molecule has 6 heteroatoms. The minimum absolute atomic E-state index is 0.0427. The predicted molar refractivity (Wildman–Crippen MR) is 71.9 cm³/mol. The number of rotatable bonds is 5. The van der Waals surface area contributed by atoms with Crippen LogP contribution in [-0.4, -0.2) is 42.1 Å². The molecule has 6 nitrogen and oxygen atoms in total. The van der Waals surface area contributed by atoms with Crippen molar-refractivity contribution in [3.63, 3.8) is 0 Å². The van der Waals surface area contributed by atoms with Crippen LogP contribution in [0.25, 0.3) is 0 Å². The van der Waals surface area contributed by atoms with Crippen molar-refractivity contribution in [2.45, 2.75) is 19.6 Å². The fourth-order valence-corrected chi connectivity index (χ4v) is 1.65. The molecule has 0 spiro atoms. The quantitative estimate of drug-likeness (QED) is 0.356. The lowest BCUT2D eigenvalue weighted by atomic mass is 10.1. The standard InChI is InChI=1S/C13H19N3O3/c1-9(19-3)13(17)16(2)8-10-5-4-6-11(7-10)12(14)15-18/h4-7,9,18H,8H2,1-3H3,(H2,14,15). The molecule has 0 heterocycles. The second-order valence-electron chi connectivity index (χ2n) is 4.26. The molecule has 3 N–H and O–H groups in total. The molecule has 0 saturated heterocycles. The van der Waals surface area contributed by atoms with Crippen LogP contribution in [-0.2, 0) is 16.1 Å². The Hall–Kier alpha value is -2.08. The third kappa shape index (κ3) is 3.96. The van der Waals surface area contributed by atoms with E-state index in [1.54, 1.807) is 37.1 Å². The summed E-state index contributed by atoms with van der Waals surface area (Å²) in [7, 11) is 3.20. The number of hydrogen-bond acceptors (Lipinski definition) is 4. The van der Waals surface area contributed by atoms with Gasteiger partial charge in [-0.1, -0.05) is 23.4 Å². The zero-order valence-electron chi connectivity index (χ0n) is 11.3. The molecule has 1 rings (SSSR count). The highest BCUT2D eigenvalue weighted by Gasteiger charge is 2.16. The summed E-state index contributed by atoms with van der Waals surface area (Å²) in [5.74, 6) is -0.0576. The maximum Gasteiger partial charge on any atom is 0.251 e. The van der Waals surface area contributed by atoms with Gasteiger partial charge in [0.1, 0.15) is 6.10 Å². The zero-order valence-corrected chi connectivity index (χ0v) is 11.3. The lowest BCUT2D eigenvalue weighted by Crippen LogP contribution is -2.35. The molecule has 1 aromatic rings. The summed E-state index contributed by atoms with van der Waals surface area (Å²) in [6.45, 7) is 2.13. The number of hydrogen-bond donors (Lipinski definition) is 2. The Labute approximate surface area is 112 Å². The number of ether oxygens (including phenoxy) is 1. The molecule has 0 saturated carbocycles. The smallest absolute Gasteiger partial charge is 0.251 e. The molecule has 0 aromatic heterocycles. The van der Waals surface area contributed by atoms with Crippen molar-refractivity contribution < 1.29 is 14.7 Å². The first-order valence-corrected chi connectivity index (χ1v) is 5.84. The van der Waals surface area contributed by atoms with Crippen molar-refractivity contribution >= 4 is 11.7 Å². The van der Waals surface area contributed by atoms with Gasteiger partial charge in [0.05, 0.1) is 0 Å². The molecular formula is C13H19N3O3. The summed E-state index contributed by atoms with van der Waals surface area (Å²) in [5, 5.41) is 11.6. The van der Waals surface area contributed by atoms with Gasteiger partial charge in [0, 0.05) is 26.3 Å². The van der Waals surface area contributed by atoms with Crippen LogP contribution in [0.5, 0.6) is 0 Å². The number of carbonyl (C=O) groups excluding carboxylic acids is 1. The minimum atomic E-state index is -0.475. The summed E-state index contributed by atoms with van der Waals surface area (Å²) in [6, 6.07) is 7.17. The molecule has 1 amide bonds. The summed E-state index contributed by atoms with van der Waals surface area (Å²) in [6.07, 6.45) is -0.475. The van der Waals surface area contributed by atoms with Crippen molar-refractivity contribution in [3.05, 3.63) is 35.4 Å². The second kappa shape index (κ2) is 6.75. The Bertz CT molecular complexity index is 474. The molecule has 1 unspecified atom stereocenters. The minimum Gasteiger partial charge on any atom is -0.409 e. The van der Waals surface area contributed by atoms with Gasteiger partial charge < -0.3 is 20.6 Å². The van der Waals surface area contributed by atoms with Crippen molar-refractivity contribution in [1.82, 2.24) is 4.90 Å². The number of likely N-dealkylation sites (N-methyl/N-ethyl adjacent to an activating group) is 1. The number of methoxy groups -OCH3 is 1. The molecule has 0 fully saturated rings. The molecule has 0 radical (unpaired) electrons. The molecule has 0 bridgehead atoms. The molecule has 0 aliphatic carbocycles. The number of nitrogens with two attached hydrogens (primary N) is 1. The highest BCUT2D eigenvalue weighted by molar-refractivity contribution is 5.97. The van der Waals surface area contributed by atoms with Gasteiger partial charge in [-0.3, -0.25) is 4.79 Å². The van der Waals surface area contributed by atoms with Gasteiger partial charge in [0.25, 0.3) is 5.91 Å². The van der Waals surface area contributed by atoms with Crippen LogP contribution in [0.15, 0.2) is 29.4 Å². The van der Waals surface area contributed by atoms with Crippen molar-refractivity contribution in [3.8, 4) is 0 Å². The Morgan fingerprint density at radius 1 is 1.58 bits per heavy atom. The van der Waals surface area contributed by atoms with Crippen LogP contribution in [0.2, 0.25) is 0 Å². The van der Waals surface area contributed by atoms with Gasteiger partial charge in [0.2, 0.25) is 0 Å². The molecule has 104 valence electrons. The molecular weight excluding hydrogens is 246 g/mol. The highest BCUT2D eigenvalue weighted by Crippen LogP contribution is 2.09. The number of nitrogens with zero attached hydrogens (tertiary/aromatic N) is 2. The van der Waals surface area contributed by atoms with Crippen LogP contribution < -0.4 is 5.73 Å². The summed E-state index contributed by atoms with van der Waals surface area (Å²) >= 11 is 0. The third-order valence-electron chi connectivity index (χ3n) is 2.83. The average molecular weight is 265 g/mol. The zero-order chi connectivity index (χ0) is 14.4. The molecule has 1 atom stereocenters. The van der Waals surface area contributed by atoms with E-state index in [0.717, 1.165) is 5.56 Å². The first kappa shape index (κ1) is 15.0. The van der Waals surface area contributed by atoms with Crippen molar-refractivity contribution in [1.29, 1.82) is 0 Å². The van der Waals surface area contributed by atoms with Gasteiger partial charge >= 0.3 is 0 Å². The van der Waals surface area contributed by atoms with Crippen LogP contribution >= 0.6 is 0 Å². The Kier molecular flexibility index (Phi) is 5.32. The second-order valence-corrected chi connectivity index (χ2v) is 4.26. The van der Waals surface area contributed by atoms with Crippen LogP contribution in [0, 0.1) is 0 Å². The maximum atomic E-state index is 11.9. The summed E-state index contributed by atoms with van der Waals surface area (Å²) < 4.78 is 4.99. The number of benzene rings is 1. The van der Waals surface area contributed by atoms with Crippen molar-refractivity contribution in [2.75, 3.05) is 14.2 Å². The van der Waals surface area contributed by atoms with Crippen LogP contribution in [0.1, 0.15) is 18.1 Å². The predicted octanol–water partition coefficient (Wildman–Crippen LogP) is 0.774. The molecule has 1 aromatic carbocycles. The van der Waals surface area contributed by atoms with Crippen LogP contribution in [0.4, 0.5) is 0 Å². The average Bonchev–Trinajstić information content (AvgIpc) is 2.44. The van der Waals surface area contributed by atoms with E-state index in [4.69, 9.17) is 15.7 Å². The monoisotopic (exact) mass is 265 g/mol. The number of carbonyl (C=O) groups is 1. The van der Waals surface area contributed by atoms with Crippen LogP contribution in [0.3, 0.4) is 0 Å². The Balaban J connectivity index is 2.80. The number of oxime groups is 1. The summed E-state index contributed by atoms with van der Waals surface area (Å²) in [5.41, 5.74) is 7.03. The van der Waals surface area contributed by atoms with Gasteiger partial charge in [-0.25, -0.2) is 0 Å². The van der Waals surface area contributed by atoms with E-state index in [9.17, 15) is 4.79 Å². The lowest BCUT2D eigenvalue weighted by molar-refractivity contribution is -0.140. The fraction of sp³-hybridized carbons (Fsp3) is 0.385. The largest absolute Gasteiger partial charge is 0.409 e. The number of amidine groups is 1. The topological polar surface area (TPSA) is 88.2 Å². The molecule has 0 aliphatic rings. The Morgan fingerprint density at radius 3 is 2.84 bits per heavy atom. The lowest BCUT2D eigenvalue weighted by Gasteiger charge is -2.20. The fourth-order valence-electron chi connectivity index (χ4n) is 1.65. The highest BCUT2D eigenvalue weighted by atomic mass is 16.5. The van der Waals surface area contributed by atoms with Gasteiger partial charge in [-0.2, -0.15) is 0 Å². The molecule has 19 heavy (non-hydrogen) atoms. The maximum absolute atomic E-state index is 11.9. The van der Waals surface area contributed by atoms with Gasteiger partial charge in [0.15, 0.2) is 5.84 Å². The van der Waals surface area contributed by atoms with Crippen molar-refractivity contribution in [2.24, 2.45) is 10.9 Å². The third-order valence-corrected chi connectivity index (χ3v) is 2.83. The first-order chi connectivity index (χ1) is 8.99. The number of amides is 1. The van der Waals surface area contributed by atoms with E-state index in [1.807, 2.05) is 6.07 Å². The molecule has 0 aliphatic heterocycles. The first-order valence-electron chi connectivity index (χ1n) is 5.84. The van der Waals surface area contributed by atoms with E-state index < -0.39 is 6.10 Å².